The van der Waals surface area contributed by atoms with Crippen LogP contribution < -0.4 is 16.4 Å². The van der Waals surface area contributed by atoms with Crippen molar-refractivity contribution in [3.8, 4) is 0 Å². The van der Waals surface area contributed by atoms with Gasteiger partial charge in [-0.25, -0.2) is 9.78 Å². The highest BCUT2D eigenvalue weighted by atomic mass is 16.4. The minimum Gasteiger partial charge on any atom is -0.481 e. The summed E-state index contributed by atoms with van der Waals surface area (Å²) in [7, 11) is 0. The second-order valence-electron chi connectivity index (χ2n) is 8.77. The second-order valence-corrected chi connectivity index (χ2v) is 8.77. The Balaban J connectivity index is 2.09. The molecule has 0 bridgehead atoms. The van der Waals surface area contributed by atoms with Gasteiger partial charge in [0.2, 0.25) is 17.7 Å². The van der Waals surface area contributed by atoms with Crippen LogP contribution in [0.2, 0.25) is 0 Å². The molecule has 1 aliphatic heterocycles. The Morgan fingerprint density at radius 3 is 2.47 bits per heavy atom. The molecule has 4 atom stereocenters. The van der Waals surface area contributed by atoms with E-state index in [1.54, 1.807) is 0 Å². The molecule has 188 valence electrons. The predicted octanol–water partition coefficient (Wildman–Crippen LogP) is -1.15. The summed E-state index contributed by atoms with van der Waals surface area (Å²) in [5, 5.41) is 23.5. The van der Waals surface area contributed by atoms with Crippen LogP contribution in [0.1, 0.15) is 45.2 Å². The number of carbonyl (C=O) groups is 5. The van der Waals surface area contributed by atoms with Crippen LogP contribution in [0.3, 0.4) is 0 Å². The van der Waals surface area contributed by atoms with E-state index in [0.29, 0.717) is 18.5 Å². The number of carbonyl (C=O) groups excluding carboxylic acids is 3. The number of carboxylic acid groups (broad SMARTS) is 2. The summed E-state index contributed by atoms with van der Waals surface area (Å²) in [5.74, 6) is -4.34. The largest absolute Gasteiger partial charge is 0.481 e. The molecule has 1 aliphatic rings. The maximum absolute atomic E-state index is 13.0. The topological polar surface area (TPSA) is 208 Å². The summed E-state index contributed by atoms with van der Waals surface area (Å²) in [6.07, 6.45) is 3.38. The van der Waals surface area contributed by atoms with Crippen molar-refractivity contribution in [3.63, 3.8) is 0 Å². The molecule has 1 aromatic rings. The molecule has 4 unspecified atom stereocenters. The molecule has 34 heavy (non-hydrogen) atoms. The number of aromatic amines is 1. The zero-order valence-electron chi connectivity index (χ0n) is 19.2. The van der Waals surface area contributed by atoms with Crippen molar-refractivity contribution in [3.05, 3.63) is 18.2 Å². The molecule has 2 heterocycles. The molecule has 1 saturated heterocycles. The first-order chi connectivity index (χ1) is 16.0. The van der Waals surface area contributed by atoms with Crippen molar-refractivity contribution >= 4 is 29.7 Å². The molecule has 13 heteroatoms. The Labute approximate surface area is 196 Å². The first-order valence-electron chi connectivity index (χ1n) is 11.1. The minimum atomic E-state index is -1.28. The van der Waals surface area contributed by atoms with Gasteiger partial charge in [0, 0.05) is 24.9 Å². The van der Waals surface area contributed by atoms with Gasteiger partial charge in [-0.3, -0.25) is 19.2 Å². The fourth-order valence-electron chi connectivity index (χ4n) is 3.85. The number of likely N-dealkylation sites (tertiary alicyclic amines) is 1. The van der Waals surface area contributed by atoms with E-state index in [1.165, 1.54) is 17.4 Å². The Hall–Kier alpha value is -3.48. The summed E-state index contributed by atoms with van der Waals surface area (Å²) in [6.45, 7) is 3.95. The highest BCUT2D eigenvalue weighted by molar-refractivity contribution is 5.95. The van der Waals surface area contributed by atoms with Gasteiger partial charge in [0.05, 0.1) is 18.8 Å². The van der Waals surface area contributed by atoms with E-state index in [4.69, 9.17) is 10.8 Å². The number of hydrogen-bond donors (Lipinski definition) is 6. The number of rotatable bonds is 12. The molecule has 0 spiro atoms. The predicted molar refractivity (Wildman–Crippen MR) is 118 cm³/mol. The fraction of sp³-hybridized carbons (Fsp3) is 0.619. The van der Waals surface area contributed by atoms with E-state index in [1.807, 2.05) is 13.8 Å². The van der Waals surface area contributed by atoms with Crippen LogP contribution in [-0.2, 0) is 30.4 Å². The van der Waals surface area contributed by atoms with Crippen molar-refractivity contribution < 1.29 is 34.2 Å². The number of imidazole rings is 1. The van der Waals surface area contributed by atoms with Crippen LogP contribution in [0.5, 0.6) is 0 Å². The third-order valence-electron chi connectivity index (χ3n) is 5.48. The van der Waals surface area contributed by atoms with E-state index in [9.17, 15) is 29.1 Å². The van der Waals surface area contributed by atoms with E-state index in [2.05, 4.69) is 20.6 Å². The Bertz CT molecular complexity index is 888. The maximum Gasteiger partial charge on any atom is 0.326 e. The van der Waals surface area contributed by atoms with Crippen molar-refractivity contribution in [2.75, 3.05) is 6.54 Å². The van der Waals surface area contributed by atoms with Gasteiger partial charge in [0.1, 0.15) is 18.1 Å². The number of carboxylic acids is 2. The number of aliphatic carboxylic acids is 2. The number of nitrogens with one attached hydrogen (secondary N) is 3. The molecule has 3 amide bonds. The van der Waals surface area contributed by atoms with Crippen molar-refractivity contribution in [1.82, 2.24) is 25.5 Å². The Morgan fingerprint density at radius 2 is 1.91 bits per heavy atom. The molecule has 0 radical (unpaired) electrons. The summed E-state index contributed by atoms with van der Waals surface area (Å²) in [4.78, 5) is 68.9. The van der Waals surface area contributed by atoms with Crippen LogP contribution in [-0.4, -0.2) is 85.5 Å². The van der Waals surface area contributed by atoms with Gasteiger partial charge in [-0.15, -0.1) is 0 Å². The number of amides is 3. The molecule has 13 nitrogen and oxygen atoms in total. The quantitative estimate of drug-likeness (QED) is 0.213. The van der Waals surface area contributed by atoms with Crippen molar-refractivity contribution in [1.29, 1.82) is 0 Å². The van der Waals surface area contributed by atoms with E-state index in [0.717, 1.165) is 0 Å². The number of nitrogens with two attached hydrogens (primary N) is 1. The summed E-state index contributed by atoms with van der Waals surface area (Å²) in [5.41, 5.74) is 6.21. The smallest absolute Gasteiger partial charge is 0.326 e. The van der Waals surface area contributed by atoms with E-state index < -0.39 is 60.2 Å². The molecular weight excluding hydrogens is 448 g/mol. The van der Waals surface area contributed by atoms with Gasteiger partial charge in [0.15, 0.2) is 0 Å². The fourth-order valence-corrected chi connectivity index (χ4v) is 3.85. The average Bonchev–Trinajstić information content (AvgIpc) is 3.43. The molecule has 7 N–H and O–H groups in total. The zero-order valence-corrected chi connectivity index (χ0v) is 19.2. The molecule has 0 aliphatic carbocycles. The average molecular weight is 481 g/mol. The number of hydrogen-bond acceptors (Lipinski definition) is 7. The molecule has 1 aromatic heterocycles. The second kappa shape index (κ2) is 12.1. The van der Waals surface area contributed by atoms with Gasteiger partial charge in [0.25, 0.3) is 0 Å². The minimum absolute atomic E-state index is 0.00256. The highest BCUT2D eigenvalue weighted by Gasteiger charge is 2.38. The van der Waals surface area contributed by atoms with E-state index >= 15 is 0 Å². The first-order valence-corrected chi connectivity index (χ1v) is 11.1. The van der Waals surface area contributed by atoms with Gasteiger partial charge < -0.3 is 36.5 Å². The highest BCUT2D eigenvalue weighted by Crippen LogP contribution is 2.19. The van der Waals surface area contributed by atoms with Gasteiger partial charge in [-0.2, -0.15) is 0 Å². The third-order valence-corrected chi connectivity index (χ3v) is 5.48. The third kappa shape index (κ3) is 7.54. The van der Waals surface area contributed by atoms with Crippen LogP contribution in [0.25, 0.3) is 0 Å². The van der Waals surface area contributed by atoms with Gasteiger partial charge in [-0.05, 0) is 25.2 Å². The van der Waals surface area contributed by atoms with Crippen LogP contribution >= 0.6 is 0 Å². The number of nitrogens with zero attached hydrogens (tertiary/aromatic N) is 2. The van der Waals surface area contributed by atoms with Crippen molar-refractivity contribution in [2.45, 2.75) is 70.1 Å². The van der Waals surface area contributed by atoms with Gasteiger partial charge >= 0.3 is 11.9 Å². The van der Waals surface area contributed by atoms with Gasteiger partial charge in [-0.1, -0.05) is 13.8 Å². The van der Waals surface area contributed by atoms with Crippen LogP contribution in [0, 0.1) is 5.92 Å². The summed E-state index contributed by atoms with van der Waals surface area (Å²) < 4.78 is 0. The monoisotopic (exact) mass is 480 g/mol. The number of aromatic nitrogens is 2. The van der Waals surface area contributed by atoms with Crippen LogP contribution in [0.15, 0.2) is 12.5 Å². The van der Waals surface area contributed by atoms with E-state index in [-0.39, 0.29) is 25.3 Å². The standard InChI is InChI=1S/C21H32N6O7/c1-11(2)6-14(18(30)26-15(21(33)34)7-12-9-23-10-24-12)25-19(31)16-4-3-5-27(16)20(32)13(22)8-17(28)29/h9-11,13-16H,3-8,22H2,1-2H3,(H,23,24)(H,25,31)(H,26,30)(H,28,29)(H,33,34). The molecule has 2 rings (SSSR count). The normalized spacial score (nSPS) is 18.2. The lowest BCUT2D eigenvalue weighted by atomic mass is 10.0. The summed E-state index contributed by atoms with van der Waals surface area (Å²) in [6, 6.07) is -4.44. The lowest BCUT2D eigenvalue weighted by Gasteiger charge is -2.29. The number of H-pyrrole nitrogens is 1. The van der Waals surface area contributed by atoms with Crippen LogP contribution in [0.4, 0.5) is 0 Å². The maximum atomic E-state index is 13.0. The molecule has 0 saturated carbocycles. The Kier molecular flexibility index (Phi) is 9.54. The Morgan fingerprint density at radius 1 is 1.21 bits per heavy atom. The molecular formula is C21H32N6O7. The summed E-state index contributed by atoms with van der Waals surface area (Å²) >= 11 is 0. The SMILES string of the molecule is CC(C)CC(NC(=O)C1CCCN1C(=O)C(N)CC(=O)O)C(=O)NC(Cc1cnc[nH]1)C(=O)O. The lowest BCUT2D eigenvalue weighted by Crippen LogP contribution is -2.57. The zero-order chi connectivity index (χ0) is 25.4. The first kappa shape index (κ1) is 26.8. The molecule has 1 fully saturated rings. The van der Waals surface area contributed by atoms with Crippen molar-refractivity contribution in [2.24, 2.45) is 11.7 Å². The lowest BCUT2D eigenvalue weighted by molar-refractivity contribution is -0.144. The molecule has 0 aromatic carbocycles.